The van der Waals surface area contributed by atoms with Gasteiger partial charge in [0, 0.05) is 11.4 Å². The van der Waals surface area contributed by atoms with Crippen LogP contribution in [0.15, 0.2) is 17.5 Å². The molecule has 1 aromatic heterocycles. The molecule has 0 saturated carbocycles. The van der Waals surface area contributed by atoms with E-state index in [0.29, 0.717) is 5.69 Å². The van der Waals surface area contributed by atoms with Gasteiger partial charge in [-0.15, -0.1) is 11.3 Å². The number of benzene rings is 1. The van der Waals surface area contributed by atoms with Crippen LogP contribution in [0, 0.1) is 25.5 Å². The second-order valence-corrected chi connectivity index (χ2v) is 5.10. The number of rotatable bonds is 3. The second-order valence-electron chi connectivity index (χ2n) is 4.04. The van der Waals surface area contributed by atoms with E-state index in [1.807, 2.05) is 6.92 Å². The molecule has 1 aromatic carbocycles. The van der Waals surface area contributed by atoms with Gasteiger partial charge in [-0.05, 0) is 25.5 Å². The molecule has 0 aliphatic carbocycles. The van der Waals surface area contributed by atoms with Gasteiger partial charge in [0.2, 0.25) is 0 Å². The van der Waals surface area contributed by atoms with Crippen LogP contribution in [0.5, 0.6) is 0 Å². The summed E-state index contributed by atoms with van der Waals surface area (Å²) in [5.74, 6) is -1.86. The first-order chi connectivity index (χ1) is 8.47. The Bertz CT molecular complexity index is 607. The maximum absolute atomic E-state index is 13.5. The van der Waals surface area contributed by atoms with E-state index in [9.17, 15) is 13.6 Å². The van der Waals surface area contributed by atoms with Crippen molar-refractivity contribution in [3.63, 3.8) is 0 Å². The molecule has 2 rings (SSSR count). The number of aromatic nitrogens is 1. The Morgan fingerprint density at radius 1 is 1.28 bits per heavy atom. The van der Waals surface area contributed by atoms with E-state index in [2.05, 4.69) is 4.98 Å². The van der Waals surface area contributed by atoms with Crippen LogP contribution in [-0.4, -0.2) is 10.8 Å². The fourth-order valence-corrected chi connectivity index (χ4v) is 2.23. The van der Waals surface area contributed by atoms with Gasteiger partial charge < -0.3 is 0 Å². The van der Waals surface area contributed by atoms with Crippen LogP contribution in [0.2, 0.25) is 0 Å². The van der Waals surface area contributed by atoms with Gasteiger partial charge in [-0.1, -0.05) is 0 Å². The molecule has 2 nitrogen and oxygen atoms in total. The third-order valence-electron chi connectivity index (χ3n) is 2.56. The lowest BCUT2D eigenvalue weighted by molar-refractivity contribution is 0.0988. The SMILES string of the molecule is Cc1nc(CC(=O)c2cc(C)c(F)cc2F)cs1. The van der Waals surface area contributed by atoms with Crippen molar-refractivity contribution >= 4 is 17.1 Å². The smallest absolute Gasteiger partial charge is 0.171 e. The fourth-order valence-electron chi connectivity index (χ4n) is 1.62. The number of ketones is 1. The van der Waals surface area contributed by atoms with E-state index in [4.69, 9.17) is 0 Å². The number of aryl methyl sites for hydroxylation is 2. The van der Waals surface area contributed by atoms with Crippen molar-refractivity contribution in [1.82, 2.24) is 4.98 Å². The number of hydrogen-bond donors (Lipinski definition) is 0. The van der Waals surface area contributed by atoms with Crippen molar-refractivity contribution in [3.8, 4) is 0 Å². The van der Waals surface area contributed by atoms with Crippen LogP contribution in [0.1, 0.15) is 26.6 Å². The number of thiazole rings is 1. The summed E-state index contributed by atoms with van der Waals surface area (Å²) < 4.78 is 26.6. The van der Waals surface area contributed by atoms with Gasteiger partial charge in [0.1, 0.15) is 11.6 Å². The van der Waals surface area contributed by atoms with Gasteiger partial charge in [0.15, 0.2) is 5.78 Å². The number of halogens is 2. The van der Waals surface area contributed by atoms with Crippen molar-refractivity contribution in [1.29, 1.82) is 0 Å². The van der Waals surface area contributed by atoms with Crippen molar-refractivity contribution in [3.05, 3.63) is 51.0 Å². The zero-order valence-electron chi connectivity index (χ0n) is 9.96. The van der Waals surface area contributed by atoms with E-state index < -0.39 is 11.6 Å². The van der Waals surface area contributed by atoms with Crippen LogP contribution in [0.4, 0.5) is 8.78 Å². The first kappa shape index (κ1) is 12.8. The fraction of sp³-hybridized carbons (Fsp3) is 0.231. The molecule has 0 aliphatic heterocycles. The Balaban J connectivity index is 2.26. The minimum atomic E-state index is -0.824. The molecule has 0 atom stereocenters. The topological polar surface area (TPSA) is 30.0 Å². The molecule has 94 valence electrons. The van der Waals surface area contributed by atoms with Crippen LogP contribution in [0.25, 0.3) is 0 Å². The van der Waals surface area contributed by atoms with Crippen LogP contribution < -0.4 is 0 Å². The van der Waals surface area contributed by atoms with Gasteiger partial charge in [-0.2, -0.15) is 0 Å². The molecule has 0 N–H and O–H groups in total. The quantitative estimate of drug-likeness (QED) is 0.797. The van der Waals surface area contributed by atoms with E-state index in [1.54, 1.807) is 5.38 Å². The normalized spacial score (nSPS) is 10.7. The molecule has 0 fully saturated rings. The Morgan fingerprint density at radius 3 is 2.61 bits per heavy atom. The van der Waals surface area contributed by atoms with Crippen LogP contribution in [-0.2, 0) is 6.42 Å². The minimum absolute atomic E-state index is 0.0341. The maximum atomic E-state index is 13.5. The number of carbonyl (C=O) groups is 1. The summed E-state index contributed by atoms with van der Waals surface area (Å²) in [5, 5.41) is 2.62. The first-order valence-electron chi connectivity index (χ1n) is 5.37. The Kier molecular flexibility index (Phi) is 3.52. The lowest BCUT2D eigenvalue weighted by Gasteiger charge is -2.04. The van der Waals surface area contributed by atoms with Gasteiger partial charge in [0.25, 0.3) is 0 Å². The molecule has 0 aliphatic rings. The molecule has 0 saturated heterocycles. The summed E-state index contributed by atoms with van der Waals surface area (Å²) in [6.07, 6.45) is 0.0341. The summed E-state index contributed by atoms with van der Waals surface area (Å²) in [5.41, 5.74) is 0.789. The van der Waals surface area contributed by atoms with Crippen LogP contribution in [0.3, 0.4) is 0 Å². The average molecular weight is 267 g/mol. The molecule has 0 radical (unpaired) electrons. The van der Waals surface area contributed by atoms with Crippen molar-refractivity contribution in [2.45, 2.75) is 20.3 Å². The zero-order valence-corrected chi connectivity index (χ0v) is 10.8. The maximum Gasteiger partial charge on any atom is 0.171 e. The largest absolute Gasteiger partial charge is 0.294 e. The Labute approximate surface area is 107 Å². The van der Waals surface area contributed by atoms with Crippen LogP contribution >= 0.6 is 11.3 Å². The third-order valence-corrected chi connectivity index (χ3v) is 3.38. The lowest BCUT2D eigenvalue weighted by atomic mass is 10.0. The van der Waals surface area contributed by atoms with E-state index in [-0.39, 0.29) is 23.3 Å². The molecule has 0 unspecified atom stereocenters. The summed E-state index contributed by atoms with van der Waals surface area (Å²) >= 11 is 1.43. The number of carbonyl (C=O) groups excluding carboxylic acids is 1. The monoisotopic (exact) mass is 267 g/mol. The molecule has 18 heavy (non-hydrogen) atoms. The predicted octanol–water partition coefficient (Wildman–Crippen LogP) is 3.46. The van der Waals surface area contributed by atoms with Crippen molar-refractivity contribution < 1.29 is 13.6 Å². The molecule has 0 spiro atoms. The molecular formula is C13H11F2NOS. The van der Waals surface area contributed by atoms with E-state index >= 15 is 0 Å². The summed E-state index contributed by atoms with van der Waals surface area (Å²) in [6.45, 7) is 3.33. The minimum Gasteiger partial charge on any atom is -0.294 e. The molecular weight excluding hydrogens is 256 g/mol. The van der Waals surface area contributed by atoms with Gasteiger partial charge in [-0.3, -0.25) is 4.79 Å². The standard InChI is InChI=1S/C13H11F2NOS/c1-7-3-10(12(15)5-11(7)14)13(17)4-9-6-18-8(2)16-9/h3,5-6H,4H2,1-2H3. The molecule has 2 aromatic rings. The number of nitrogens with zero attached hydrogens (tertiary/aromatic N) is 1. The zero-order chi connectivity index (χ0) is 13.3. The molecule has 0 bridgehead atoms. The average Bonchev–Trinajstić information content (AvgIpc) is 2.69. The summed E-state index contributed by atoms with van der Waals surface area (Å²) in [6, 6.07) is 1.99. The van der Waals surface area contributed by atoms with E-state index in [0.717, 1.165) is 11.1 Å². The highest BCUT2D eigenvalue weighted by molar-refractivity contribution is 7.09. The van der Waals surface area contributed by atoms with E-state index in [1.165, 1.54) is 24.3 Å². The summed E-state index contributed by atoms with van der Waals surface area (Å²) in [4.78, 5) is 16.1. The van der Waals surface area contributed by atoms with Gasteiger partial charge >= 0.3 is 0 Å². The third kappa shape index (κ3) is 2.61. The molecule has 0 amide bonds. The van der Waals surface area contributed by atoms with Gasteiger partial charge in [0.05, 0.1) is 22.7 Å². The molecule has 1 heterocycles. The highest BCUT2D eigenvalue weighted by Gasteiger charge is 2.16. The summed E-state index contributed by atoms with van der Waals surface area (Å²) in [7, 11) is 0. The molecule has 5 heteroatoms. The second kappa shape index (κ2) is 4.94. The highest BCUT2D eigenvalue weighted by atomic mass is 32.1. The lowest BCUT2D eigenvalue weighted by Crippen LogP contribution is -2.07. The number of Topliss-reactive ketones (excluding diaryl/α,β-unsaturated/α-hetero) is 1. The van der Waals surface area contributed by atoms with Crippen molar-refractivity contribution in [2.75, 3.05) is 0 Å². The van der Waals surface area contributed by atoms with Crippen molar-refractivity contribution in [2.24, 2.45) is 0 Å². The highest BCUT2D eigenvalue weighted by Crippen LogP contribution is 2.17. The number of hydrogen-bond acceptors (Lipinski definition) is 3. The van der Waals surface area contributed by atoms with Gasteiger partial charge in [-0.25, -0.2) is 13.8 Å². The predicted molar refractivity (Wildman–Crippen MR) is 66.0 cm³/mol. The Hall–Kier alpha value is -1.62. The first-order valence-corrected chi connectivity index (χ1v) is 6.25. The Morgan fingerprint density at radius 2 is 2.00 bits per heavy atom.